The third-order valence-electron chi connectivity index (χ3n) is 3.41. The van der Waals surface area contributed by atoms with Gasteiger partial charge in [0.05, 0.1) is 6.54 Å². The van der Waals surface area contributed by atoms with E-state index < -0.39 is 0 Å². The van der Waals surface area contributed by atoms with Gasteiger partial charge >= 0.3 is 0 Å². The van der Waals surface area contributed by atoms with Crippen LogP contribution in [0.4, 0.5) is 0 Å². The molecule has 3 N–H and O–H groups in total. The van der Waals surface area contributed by atoms with Crippen molar-refractivity contribution in [3.8, 4) is 5.75 Å². The SMILES string of the molecule is CCNC(=NCc1ccc(O)cc1)NCC(CC)CC. The largest absolute Gasteiger partial charge is 0.508 e. The summed E-state index contributed by atoms with van der Waals surface area (Å²) >= 11 is 0. The molecule has 1 aromatic rings. The van der Waals surface area contributed by atoms with Crippen LogP contribution in [0.1, 0.15) is 39.2 Å². The summed E-state index contributed by atoms with van der Waals surface area (Å²) in [6.07, 6.45) is 2.36. The van der Waals surface area contributed by atoms with Gasteiger partial charge in [0, 0.05) is 13.1 Å². The molecule has 0 saturated heterocycles. The summed E-state index contributed by atoms with van der Waals surface area (Å²) in [5.74, 6) is 1.83. The molecule has 0 fully saturated rings. The predicted molar refractivity (Wildman–Crippen MR) is 85.0 cm³/mol. The van der Waals surface area contributed by atoms with Crippen LogP contribution in [0.5, 0.6) is 5.75 Å². The number of guanidine groups is 1. The Balaban J connectivity index is 2.55. The summed E-state index contributed by atoms with van der Waals surface area (Å²) in [6, 6.07) is 7.16. The highest BCUT2D eigenvalue weighted by molar-refractivity contribution is 5.79. The predicted octanol–water partition coefficient (Wildman–Crippen LogP) is 2.88. The number of hydrogen-bond acceptors (Lipinski definition) is 2. The van der Waals surface area contributed by atoms with Crippen LogP contribution in [-0.2, 0) is 6.54 Å². The first-order chi connectivity index (χ1) is 9.69. The minimum absolute atomic E-state index is 0.288. The second-order valence-corrected chi connectivity index (χ2v) is 4.93. The normalized spacial score (nSPS) is 11.7. The maximum absolute atomic E-state index is 9.26. The fraction of sp³-hybridized carbons (Fsp3) is 0.562. The Morgan fingerprint density at radius 2 is 1.75 bits per heavy atom. The molecule has 20 heavy (non-hydrogen) atoms. The van der Waals surface area contributed by atoms with Crippen LogP contribution in [0.3, 0.4) is 0 Å². The van der Waals surface area contributed by atoms with Crippen molar-refractivity contribution in [1.82, 2.24) is 10.6 Å². The van der Waals surface area contributed by atoms with Crippen LogP contribution < -0.4 is 10.6 Å². The molecule has 0 radical (unpaired) electrons. The Morgan fingerprint density at radius 1 is 1.10 bits per heavy atom. The van der Waals surface area contributed by atoms with Crippen molar-refractivity contribution in [3.63, 3.8) is 0 Å². The fourth-order valence-electron chi connectivity index (χ4n) is 1.93. The van der Waals surface area contributed by atoms with Gasteiger partial charge in [0.15, 0.2) is 5.96 Å². The molecule has 0 bridgehead atoms. The molecule has 0 aliphatic rings. The zero-order valence-electron chi connectivity index (χ0n) is 12.8. The van der Waals surface area contributed by atoms with E-state index >= 15 is 0 Å². The lowest BCUT2D eigenvalue weighted by Gasteiger charge is -2.16. The van der Waals surface area contributed by atoms with Crippen LogP contribution >= 0.6 is 0 Å². The highest BCUT2D eigenvalue weighted by Crippen LogP contribution is 2.10. The lowest BCUT2D eigenvalue weighted by atomic mass is 10.0. The zero-order valence-corrected chi connectivity index (χ0v) is 12.8. The van der Waals surface area contributed by atoms with Crippen molar-refractivity contribution in [2.75, 3.05) is 13.1 Å². The lowest BCUT2D eigenvalue weighted by molar-refractivity contribution is 0.475. The second kappa shape index (κ2) is 9.23. The molecule has 1 rings (SSSR count). The first kappa shape index (κ1) is 16.3. The number of aliphatic imine (C=N–C) groups is 1. The number of nitrogens with one attached hydrogen (secondary N) is 2. The first-order valence-electron chi connectivity index (χ1n) is 7.49. The van der Waals surface area contributed by atoms with E-state index in [4.69, 9.17) is 0 Å². The highest BCUT2D eigenvalue weighted by Gasteiger charge is 2.04. The molecule has 4 heteroatoms. The van der Waals surface area contributed by atoms with Crippen molar-refractivity contribution in [2.24, 2.45) is 10.9 Å². The van der Waals surface area contributed by atoms with Crippen molar-refractivity contribution < 1.29 is 5.11 Å². The van der Waals surface area contributed by atoms with Crippen LogP contribution in [0.25, 0.3) is 0 Å². The van der Waals surface area contributed by atoms with E-state index in [1.54, 1.807) is 12.1 Å². The fourth-order valence-corrected chi connectivity index (χ4v) is 1.93. The van der Waals surface area contributed by atoms with E-state index in [1.807, 2.05) is 12.1 Å². The number of phenolic OH excluding ortho intramolecular Hbond substituents is 1. The topological polar surface area (TPSA) is 56.7 Å². The van der Waals surface area contributed by atoms with Crippen LogP contribution in [-0.4, -0.2) is 24.2 Å². The van der Waals surface area contributed by atoms with Gasteiger partial charge in [0.1, 0.15) is 5.75 Å². The molecule has 112 valence electrons. The van der Waals surface area contributed by atoms with Crippen molar-refractivity contribution in [1.29, 1.82) is 0 Å². The monoisotopic (exact) mass is 277 g/mol. The molecule has 0 amide bonds. The first-order valence-corrected chi connectivity index (χ1v) is 7.49. The van der Waals surface area contributed by atoms with E-state index in [9.17, 15) is 5.11 Å². The molecule has 0 unspecified atom stereocenters. The van der Waals surface area contributed by atoms with Gasteiger partial charge in [-0.05, 0) is 30.5 Å². The van der Waals surface area contributed by atoms with Crippen LogP contribution in [0.2, 0.25) is 0 Å². The smallest absolute Gasteiger partial charge is 0.191 e. The van der Waals surface area contributed by atoms with Gasteiger partial charge < -0.3 is 15.7 Å². The van der Waals surface area contributed by atoms with Crippen molar-refractivity contribution >= 4 is 5.96 Å². The molecular formula is C16H27N3O. The minimum atomic E-state index is 0.288. The Hall–Kier alpha value is -1.71. The quantitative estimate of drug-likeness (QED) is 0.530. The summed E-state index contributed by atoms with van der Waals surface area (Å²) in [5, 5.41) is 15.9. The average Bonchev–Trinajstić information content (AvgIpc) is 2.47. The summed E-state index contributed by atoms with van der Waals surface area (Å²) in [4.78, 5) is 4.57. The summed E-state index contributed by atoms with van der Waals surface area (Å²) in [6.45, 7) is 8.92. The van der Waals surface area contributed by atoms with Gasteiger partial charge in [-0.15, -0.1) is 0 Å². The molecule has 0 heterocycles. The van der Waals surface area contributed by atoms with Crippen LogP contribution in [0.15, 0.2) is 29.3 Å². The molecule has 0 spiro atoms. The molecule has 0 aromatic heterocycles. The van der Waals surface area contributed by atoms with Gasteiger partial charge in [-0.25, -0.2) is 4.99 Å². The Morgan fingerprint density at radius 3 is 2.30 bits per heavy atom. The molecular weight excluding hydrogens is 250 g/mol. The van der Waals surface area contributed by atoms with Gasteiger partial charge in [0.2, 0.25) is 0 Å². The molecule has 0 aliphatic carbocycles. The van der Waals surface area contributed by atoms with E-state index in [2.05, 4.69) is 36.4 Å². The number of nitrogens with zero attached hydrogens (tertiary/aromatic N) is 1. The standard InChI is InChI=1S/C16H27N3O/c1-4-13(5-2)11-18-16(17-6-3)19-12-14-7-9-15(20)10-8-14/h7-10,13,20H,4-6,11-12H2,1-3H3,(H2,17,18,19). The van der Waals surface area contributed by atoms with Gasteiger partial charge in [-0.1, -0.05) is 38.8 Å². The molecule has 0 atom stereocenters. The van der Waals surface area contributed by atoms with E-state index in [-0.39, 0.29) is 5.75 Å². The van der Waals surface area contributed by atoms with E-state index in [0.29, 0.717) is 12.5 Å². The molecule has 0 aliphatic heterocycles. The summed E-state index contributed by atoms with van der Waals surface area (Å²) in [5.41, 5.74) is 1.09. The second-order valence-electron chi connectivity index (χ2n) is 4.93. The molecule has 4 nitrogen and oxygen atoms in total. The Kier molecular flexibility index (Phi) is 7.55. The summed E-state index contributed by atoms with van der Waals surface area (Å²) in [7, 11) is 0. The zero-order chi connectivity index (χ0) is 14.8. The van der Waals surface area contributed by atoms with E-state index in [1.165, 1.54) is 12.8 Å². The number of rotatable bonds is 7. The van der Waals surface area contributed by atoms with Gasteiger partial charge in [0.25, 0.3) is 0 Å². The van der Waals surface area contributed by atoms with Crippen molar-refractivity contribution in [3.05, 3.63) is 29.8 Å². The molecule has 0 saturated carbocycles. The van der Waals surface area contributed by atoms with Crippen molar-refractivity contribution in [2.45, 2.75) is 40.2 Å². The van der Waals surface area contributed by atoms with Gasteiger partial charge in [-0.3, -0.25) is 0 Å². The van der Waals surface area contributed by atoms with E-state index in [0.717, 1.165) is 24.6 Å². The maximum atomic E-state index is 9.26. The average molecular weight is 277 g/mol. The van der Waals surface area contributed by atoms with Gasteiger partial charge in [-0.2, -0.15) is 0 Å². The third-order valence-corrected chi connectivity index (χ3v) is 3.41. The highest BCUT2D eigenvalue weighted by atomic mass is 16.3. The number of benzene rings is 1. The Bertz CT molecular complexity index is 397. The number of hydrogen-bond donors (Lipinski definition) is 3. The number of phenols is 1. The third kappa shape index (κ3) is 5.95. The Labute approximate surface area is 122 Å². The minimum Gasteiger partial charge on any atom is -0.508 e. The molecule has 1 aromatic carbocycles. The maximum Gasteiger partial charge on any atom is 0.191 e. The number of aromatic hydroxyl groups is 1. The summed E-state index contributed by atoms with van der Waals surface area (Å²) < 4.78 is 0. The van der Waals surface area contributed by atoms with Crippen LogP contribution in [0, 0.1) is 5.92 Å². The lowest BCUT2D eigenvalue weighted by Crippen LogP contribution is -2.39.